The van der Waals surface area contributed by atoms with Gasteiger partial charge in [-0.25, -0.2) is 0 Å². The van der Waals surface area contributed by atoms with Crippen LogP contribution in [0.4, 0.5) is 0 Å². The molecule has 0 bridgehead atoms. The number of allylic oxidation sites excluding steroid dienone is 1. The van der Waals surface area contributed by atoms with Gasteiger partial charge in [-0.2, -0.15) is 0 Å². The van der Waals surface area contributed by atoms with Crippen LogP contribution in [0.25, 0.3) is 0 Å². The van der Waals surface area contributed by atoms with Crippen molar-refractivity contribution in [2.75, 3.05) is 0 Å². The van der Waals surface area contributed by atoms with E-state index in [4.69, 9.17) is 0 Å². The van der Waals surface area contributed by atoms with Gasteiger partial charge in [-0.3, -0.25) is 0 Å². The molecule has 0 heteroatoms. The van der Waals surface area contributed by atoms with Gasteiger partial charge in [-0.1, -0.05) is 46.8 Å². The highest BCUT2D eigenvalue weighted by Gasteiger charge is 2.08. The molecule has 0 aromatic rings. The quantitative estimate of drug-likeness (QED) is 0.437. The Morgan fingerprint density at radius 2 is 1.22 bits per heavy atom. The van der Waals surface area contributed by atoms with E-state index in [0.29, 0.717) is 5.41 Å². The fourth-order valence-electron chi connectivity index (χ4n) is 0. The van der Waals surface area contributed by atoms with E-state index in [0.717, 1.165) is 0 Å². The van der Waals surface area contributed by atoms with Crippen molar-refractivity contribution >= 4 is 0 Å². The zero-order valence-electron chi connectivity index (χ0n) is 7.71. The molecule has 0 heterocycles. The Bertz CT molecular complexity index is 72.5. The molecule has 0 nitrogen and oxygen atoms in total. The van der Waals surface area contributed by atoms with Crippen LogP contribution >= 0.6 is 0 Å². The normalized spacial score (nSPS) is 9.56. The van der Waals surface area contributed by atoms with Crippen molar-refractivity contribution in [1.82, 2.24) is 0 Å². The smallest absolute Gasteiger partial charge is 0.0178 e. The minimum atomic E-state index is 0.306. The van der Waals surface area contributed by atoms with Gasteiger partial charge in [0.1, 0.15) is 0 Å². The molecule has 0 rings (SSSR count). The molecule has 0 aliphatic carbocycles. The molecule has 0 aliphatic rings. The van der Waals surface area contributed by atoms with Crippen molar-refractivity contribution in [3.05, 3.63) is 12.2 Å². The van der Waals surface area contributed by atoms with E-state index >= 15 is 0 Å². The number of hydrogen-bond donors (Lipinski definition) is 0. The fraction of sp³-hybridized carbons (Fsp3) is 0.778. The first kappa shape index (κ1) is 11.5. The van der Waals surface area contributed by atoms with Crippen LogP contribution in [0.2, 0.25) is 0 Å². The van der Waals surface area contributed by atoms with Crippen molar-refractivity contribution in [2.45, 2.75) is 41.5 Å². The van der Waals surface area contributed by atoms with Gasteiger partial charge in [0.25, 0.3) is 0 Å². The molecule has 0 radical (unpaired) electrons. The summed E-state index contributed by atoms with van der Waals surface area (Å²) < 4.78 is 0. The summed E-state index contributed by atoms with van der Waals surface area (Å²) in [6, 6.07) is 0. The molecule has 0 fully saturated rings. The number of hydrogen-bond acceptors (Lipinski definition) is 0. The summed E-state index contributed by atoms with van der Waals surface area (Å²) in [6.45, 7) is 16.4. The Kier molecular flexibility index (Phi) is 5.89. The second-order valence-corrected chi connectivity index (χ2v) is 3.03. The second-order valence-electron chi connectivity index (χ2n) is 3.03. The van der Waals surface area contributed by atoms with Crippen LogP contribution in [-0.2, 0) is 0 Å². The van der Waals surface area contributed by atoms with Crippen LogP contribution in [0.5, 0.6) is 0 Å². The van der Waals surface area contributed by atoms with E-state index in [1.165, 1.54) is 5.57 Å². The second kappa shape index (κ2) is 4.60. The van der Waals surface area contributed by atoms with Gasteiger partial charge in [-0.05, 0) is 12.3 Å². The number of rotatable bonds is 0. The van der Waals surface area contributed by atoms with E-state index in [9.17, 15) is 0 Å². The molecule has 0 aliphatic heterocycles. The summed E-state index contributed by atoms with van der Waals surface area (Å²) in [5.74, 6) is 0. The SMILES string of the molecule is C=C(C)C(C)(C)C.CC. The van der Waals surface area contributed by atoms with E-state index in [1.54, 1.807) is 0 Å². The van der Waals surface area contributed by atoms with Crippen LogP contribution < -0.4 is 0 Å². The molecule has 0 N–H and O–H groups in total. The molecular weight excluding hydrogens is 108 g/mol. The molecule has 0 spiro atoms. The van der Waals surface area contributed by atoms with Gasteiger partial charge in [0, 0.05) is 0 Å². The molecule has 56 valence electrons. The molecule has 0 atom stereocenters. The van der Waals surface area contributed by atoms with Crippen LogP contribution in [0.3, 0.4) is 0 Å². The third-order valence-electron chi connectivity index (χ3n) is 1.28. The molecular formula is C9H20. The maximum absolute atomic E-state index is 3.83. The third kappa shape index (κ3) is 7.74. The van der Waals surface area contributed by atoms with Crippen LogP contribution in [0.15, 0.2) is 12.2 Å². The lowest BCUT2D eigenvalue weighted by Gasteiger charge is -2.16. The predicted molar refractivity (Wildman–Crippen MR) is 45.6 cm³/mol. The summed E-state index contributed by atoms with van der Waals surface area (Å²) in [6.07, 6.45) is 0. The van der Waals surface area contributed by atoms with Crippen molar-refractivity contribution < 1.29 is 0 Å². The minimum Gasteiger partial charge on any atom is -0.0996 e. The van der Waals surface area contributed by atoms with Crippen molar-refractivity contribution in [2.24, 2.45) is 5.41 Å². The summed E-state index contributed by atoms with van der Waals surface area (Å²) in [5.41, 5.74) is 1.55. The first-order valence-corrected chi connectivity index (χ1v) is 3.60. The highest BCUT2D eigenvalue weighted by atomic mass is 14.1. The third-order valence-corrected chi connectivity index (χ3v) is 1.28. The maximum Gasteiger partial charge on any atom is -0.0178 e. The lowest BCUT2D eigenvalue weighted by molar-refractivity contribution is 0.506. The Hall–Kier alpha value is -0.260. The molecule has 0 saturated heterocycles. The van der Waals surface area contributed by atoms with E-state index in [1.807, 2.05) is 13.8 Å². The van der Waals surface area contributed by atoms with Crippen molar-refractivity contribution in [3.8, 4) is 0 Å². The van der Waals surface area contributed by atoms with Gasteiger partial charge in [-0.15, -0.1) is 0 Å². The van der Waals surface area contributed by atoms with E-state index < -0.39 is 0 Å². The average molecular weight is 128 g/mol. The molecule has 0 unspecified atom stereocenters. The van der Waals surface area contributed by atoms with Crippen LogP contribution in [0.1, 0.15) is 41.5 Å². The molecule has 9 heavy (non-hydrogen) atoms. The zero-order chi connectivity index (χ0) is 8.08. The summed E-state index contributed by atoms with van der Waals surface area (Å²) >= 11 is 0. The van der Waals surface area contributed by atoms with Crippen molar-refractivity contribution in [3.63, 3.8) is 0 Å². The minimum absolute atomic E-state index is 0.306. The topological polar surface area (TPSA) is 0 Å². The molecule has 0 amide bonds. The Morgan fingerprint density at radius 1 is 1.11 bits per heavy atom. The van der Waals surface area contributed by atoms with Gasteiger partial charge in [0.2, 0.25) is 0 Å². The molecule has 0 aromatic heterocycles. The summed E-state index contributed by atoms with van der Waals surface area (Å²) in [7, 11) is 0. The molecule has 0 aromatic carbocycles. The van der Waals surface area contributed by atoms with Gasteiger partial charge in [0.15, 0.2) is 0 Å². The monoisotopic (exact) mass is 128 g/mol. The molecule has 0 saturated carbocycles. The highest BCUT2D eigenvalue weighted by molar-refractivity contribution is 4.99. The van der Waals surface area contributed by atoms with Crippen LogP contribution in [-0.4, -0.2) is 0 Å². The first-order valence-electron chi connectivity index (χ1n) is 3.60. The maximum atomic E-state index is 3.83. The van der Waals surface area contributed by atoms with Crippen LogP contribution in [0, 0.1) is 5.41 Å². The Balaban J connectivity index is 0. The zero-order valence-corrected chi connectivity index (χ0v) is 7.71. The van der Waals surface area contributed by atoms with Crippen molar-refractivity contribution in [1.29, 1.82) is 0 Å². The first-order chi connectivity index (χ1) is 3.94. The van der Waals surface area contributed by atoms with E-state index in [-0.39, 0.29) is 0 Å². The summed E-state index contributed by atoms with van der Waals surface area (Å²) in [5, 5.41) is 0. The fourth-order valence-corrected chi connectivity index (χ4v) is 0. The summed E-state index contributed by atoms with van der Waals surface area (Å²) in [4.78, 5) is 0. The van der Waals surface area contributed by atoms with E-state index in [2.05, 4.69) is 34.3 Å². The largest absolute Gasteiger partial charge is 0.0996 e. The Labute approximate surface area is 60.0 Å². The highest BCUT2D eigenvalue weighted by Crippen LogP contribution is 2.21. The van der Waals surface area contributed by atoms with Gasteiger partial charge in [0.05, 0.1) is 0 Å². The lowest BCUT2D eigenvalue weighted by Crippen LogP contribution is -2.04. The lowest BCUT2D eigenvalue weighted by atomic mass is 9.89. The standard InChI is InChI=1S/C7H14.C2H6/c1-6(2)7(3,4)5;1-2/h1H2,2-5H3;1-2H3. The Morgan fingerprint density at radius 3 is 1.22 bits per heavy atom. The average Bonchev–Trinajstić information content (AvgIpc) is 1.69. The predicted octanol–water partition coefficient (Wildman–Crippen LogP) is 3.63. The van der Waals surface area contributed by atoms with Gasteiger partial charge >= 0.3 is 0 Å². The van der Waals surface area contributed by atoms with Gasteiger partial charge < -0.3 is 0 Å².